The average Bonchev–Trinajstić information content (AvgIpc) is 2.75. The number of halogens is 1. The van der Waals surface area contributed by atoms with Crippen molar-refractivity contribution in [3.63, 3.8) is 0 Å². The molecule has 17 heavy (non-hydrogen) atoms. The van der Waals surface area contributed by atoms with Gasteiger partial charge >= 0.3 is 0 Å². The second-order valence-electron chi connectivity index (χ2n) is 3.39. The van der Waals surface area contributed by atoms with E-state index in [4.69, 9.17) is 11.6 Å². The zero-order valence-corrected chi connectivity index (χ0v) is 9.45. The summed E-state index contributed by atoms with van der Waals surface area (Å²) in [5, 5.41) is 5.30. The van der Waals surface area contributed by atoms with E-state index in [-0.39, 0.29) is 5.76 Å². The fourth-order valence-electron chi connectivity index (χ4n) is 1.27. The number of aromatic nitrogens is 1. The third-order valence-electron chi connectivity index (χ3n) is 2.11. The molecule has 0 aliphatic carbocycles. The van der Waals surface area contributed by atoms with Gasteiger partial charge < -0.3 is 9.84 Å². The van der Waals surface area contributed by atoms with Crippen LogP contribution in [0, 0.1) is 0 Å². The number of benzene rings is 1. The van der Waals surface area contributed by atoms with Crippen molar-refractivity contribution in [2.24, 2.45) is 0 Å². The summed E-state index contributed by atoms with van der Waals surface area (Å²) in [7, 11) is 0. The Labute approximate surface area is 101 Å². The summed E-state index contributed by atoms with van der Waals surface area (Å²) < 4.78 is 4.66. The molecule has 6 heteroatoms. The summed E-state index contributed by atoms with van der Waals surface area (Å²) in [6, 6.07) is 8.17. The minimum atomic E-state index is -0.446. The van der Waals surface area contributed by atoms with Crippen LogP contribution in [0.1, 0.15) is 16.1 Å². The second-order valence-corrected chi connectivity index (χ2v) is 3.82. The molecular formula is C11H9ClN2O3. The van der Waals surface area contributed by atoms with Crippen molar-refractivity contribution in [1.82, 2.24) is 10.5 Å². The highest BCUT2D eigenvalue weighted by atomic mass is 35.5. The lowest BCUT2D eigenvalue weighted by atomic mass is 10.2. The van der Waals surface area contributed by atoms with E-state index in [1.165, 1.54) is 0 Å². The largest absolute Gasteiger partial charge is 0.373 e. The SMILES string of the molecule is O=C(NCc1ccc(Cl)cc1)c1cc(=O)[nH]o1. The van der Waals surface area contributed by atoms with Crippen LogP contribution in [0.5, 0.6) is 0 Å². The Morgan fingerprint density at radius 2 is 2.06 bits per heavy atom. The van der Waals surface area contributed by atoms with Gasteiger partial charge in [0.25, 0.3) is 11.5 Å². The highest BCUT2D eigenvalue weighted by molar-refractivity contribution is 6.30. The molecule has 1 amide bonds. The zero-order chi connectivity index (χ0) is 12.3. The van der Waals surface area contributed by atoms with E-state index in [1.807, 2.05) is 5.16 Å². The highest BCUT2D eigenvalue weighted by Gasteiger charge is 2.10. The fourth-order valence-corrected chi connectivity index (χ4v) is 1.39. The maximum Gasteiger partial charge on any atom is 0.290 e. The molecule has 1 aromatic heterocycles. The van der Waals surface area contributed by atoms with E-state index in [2.05, 4.69) is 9.84 Å². The lowest BCUT2D eigenvalue weighted by Gasteiger charge is -2.02. The first-order valence-corrected chi connectivity index (χ1v) is 5.24. The standard InChI is InChI=1S/C11H9ClN2O3/c12-8-3-1-7(2-4-8)6-13-11(16)9-5-10(15)14-17-9/h1-5H,6H2,(H,13,16)(H,14,15). The van der Waals surface area contributed by atoms with E-state index in [0.717, 1.165) is 11.6 Å². The van der Waals surface area contributed by atoms with Gasteiger partial charge in [-0.2, -0.15) is 5.16 Å². The summed E-state index contributed by atoms with van der Waals surface area (Å²) in [6.45, 7) is 0.338. The van der Waals surface area contributed by atoms with Crippen LogP contribution in [-0.4, -0.2) is 11.1 Å². The quantitative estimate of drug-likeness (QED) is 0.870. The summed E-state index contributed by atoms with van der Waals surface area (Å²) in [4.78, 5) is 22.3. The van der Waals surface area contributed by atoms with Crippen LogP contribution in [-0.2, 0) is 6.54 Å². The number of aromatic amines is 1. The third kappa shape index (κ3) is 2.98. The fraction of sp³-hybridized carbons (Fsp3) is 0.0909. The molecule has 0 spiro atoms. The van der Waals surface area contributed by atoms with Crippen LogP contribution in [0.3, 0.4) is 0 Å². The van der Waals surface area contributed by atoms with E-state index in [0.29, 0.717) is 11.6 Å². The van der Waals surface area contributed by atoms with E-state index in [9.17, 15) is 9.59 Å². The van der Waals surface area contributed by atoms with Gasteiger partial charge in [-0.1, -0.05) is 23.7 Å². The molecule has 0 unspecified atom stereocenters. The van der Waals surface area contributed by atoms with Gasteiger partial charge in [-0.05, 0) is 17.7 Å². The second kappa shape index (κ2) is 4.88. The molecule has 0 aliphatic rings. The van der Waals surface area contributed by atoms with Crippen molar-refractivity contribution in [3.8, 4) is 0 Å². The Hall–Kier alpha value is -2.01. The van der Waals surface area contributed by atoms with Crippen LogP contribution < -0.4 is 10.9 Å². The van der Waals surface area contributed by atoms with Gasteiger partial charge in [-0.25, -0.2) is 0 Å². The number of carbonyl (C=O) groups excluding carboxylic acids is 1. The first kappa shape index (κ1) is 11.5. The molecule has 0 fully saturated rings. The molecule has 2 aromatic rings. The Kier molecular flexibility index (Phi) is 3.30. The van der Waals surface area contributed by atoms with Gasteiger partial charge in [0.15, 0.2) is 0 Å². The summed E-state index contributed by atoms with van der Waals surface area (Å²) >= 11 is 5.73. The van der Waals surface area contributed by atoms with E-state index < -0.39 is 11.5 Å². The first-order chi connectivity index (χ1) is 8.15. The summed E-state index contributed by atoms with van der Waals surface area (Å²) in [5.41, 5.74) is 0.460. The molecule has 0 saturated heterocycles. The number of nitrogens with one attached hydrogen (secondary N) is 2. The van der Waals surface area contributed by atoms with Gasteiger partial charge in [0.1, 0.15) is 0 Å². The Balaban J connectivity index is 1.96. The molecule has 0 aliphatic heterocycles. The summed E-state index contributed by atoms with van der Waals surface area (Å²) in [5.74, 6) is -0.484. The predicted molar refractivity (Wildman–Crippen MR) is 62.0 cm³/mol. The van der Waals surface area contributed by atoms with Gasteiger partial charge in [-0.15, -0.1) is 0 Å². The van der Waals surface area contributed by atoms with Crippen molar-refractivity contribution < 1.29 is 9.32 Å². The van der Waals surface area contributed by atoms with Crippen LogP contribution in [0.15, 0.2) is 39.6 Å². The van der Waals surface area contributed by atoms with Gasteiger partial charge in [0.2, 0.25) is 5.76 Å². The van der Waals surface area contributed by atoms with Crippen LogP contribution in [0.25, 0.3) is 0 Å². The molecule has 0 bridgehead atoms. The average molecular weight is 253 g/mol. The van der Waals surface area contributed by atoms with Gasteiger partial charge in [0.05, 0.1) is 6.07 Å². The molecule has 2 N–H and O–H groups in total. The topological polar surface area (TPSA) is 75.1 Å². The Morgan fingerprint density at radius 3 is 2.65 bits per heavy atom. The molecule has 1 aromatic carbocycles. The molecule has 0 saturated carbocycles. The maximum absolute atomic E-state index is 11.5. The van der Waals surface area contributed by atoms with Crippen LogP contribution >= 0.6 is 11.6 Å². The molecule has 5 nitrogen and oxygen atoms in total. The number of H-pyrrole nitrogens is 1. The lowest BCUT2D eigenvalue weighted by molar-refractivity contribution is 0.0914. The Morgan fingerprint density at radius 1 is 1.35 bits per heavy atom. The highest BCUT2D eigenvalue weighted by Crippen LogP contribution is 2.09. The van der Waals surface area contributed by atoms with E-state index >= 15 is 0 Å². The van der Waals surface area contributed by atoms with Crippen LogP contribution in [0.4, 0.5) is 0 Å². The normalized spacial score (nSPS) is 10.2. The Bertz CT molecular complexity index is 571. The molecule has 2 rings (SSSR count). The minimum Gasteiger partial charge on any atom is -0.373 e. The number of rotatable bonds is 3. The van der Waals surface area contributed by atoms with Crippen molar-refractivity contribution in [2.75, 3.05) is 0 Å². The summed E-state index contributed by atoms with van der Waals surface area (Å²) in [6.07, 6.45) is 0. The smallest absolute Gasteiger partial charge is 0.290 e. The number of hydrogen-bond acceptors (Lipinski definition) is 3. The molecule has 1 heterocycles. The van der Waals surface area contributed by atoms with Crippen molar-refractivity contribution in [3.05, 3.63) is 57.0 Å². The predicted octanol–water partition coefficient (Wildman–Crippen LogP) is 1.55. The zero-order valence-electron chi connectivity index (χ0n) is 8.70. The molecule has 0 radical (unpaired) electrons. The first-order valence-electron chi connectivity index (χ1n) is 4.86. The molecule has 88 valence electrons. The number of hydrogen-bond donors (Lipinski definition) is 2. The minimum absolute atomic E-state index is 0.0380. The van der Waals surface area contributed by atoms with Gasteiger partial charge in [-0.3, -0.25) is 9.59 Å². The van der Waals surface area contributed by atoms with Crippen molar-refractivity contribution >= 4 is 17.5 Å². The number of amides is 1. The number of carbonyl (C=O) groups is 1. The van der Waals surface area contributed by atoms with Crippen molar-refractivity contribution in [2.45, 2.75) is 6.54 Å². The third-order valence-corrected chi connectivity index (χ3v) is 2.37. The maximum atomic E-state index is 11.5. The van der Waals surface area contributed by atoms with E-state index in [1.54, 1.807) is 24.3 Å². The lowest BCUT2D eigenvalue weighted by Crippen LogP contribution is -2.22. The molecule has 0 atom stereocenters. The van der Waals surface area contributed by atoms with Crippen LogP contribution in [0.2, 0.25) is 5.02 Å². The van der Waals surface area contributed by atoms with Crippen molar-refractivity contribution in [1.29, 1.82) is 0 Å². The monoisotopic (exact) mass is 252 g/mol. The molecular weight excluding hydrogens is 244 g/mol. The van der Waals surface area contributed by atoms with Gasteiger partial charge in [0, 0.05) is 11.6 Å².